The van der Waals surface area contributed by atoms with Crippen molar-refractivity contribution in [2.75, 3.05) is 0 Å². The van der Waals surface area contributed by atoms with E-state index >= 15 is 0 Å². The molecule has 21 heavy (non-hydrogen) atoms. The second-order valence-electron chi connectivity index (χ2n) is 5.21. The predicted molar refractivity (Wildman–Crippen MR) is 84.3 cm³/mol. The fourth-order valence-electron chi connectivity index (χ4n) is 2.03. The smallest absolute Gasteiger partial charge is 0.261 e. The molecule has 0 heterocycles. The summed E-state index contributed by atoms with van der Waals surface area (Å²) in [6.45, 7) is 5.74. The van der Waals surface area contributed by atoms with Crippen LogP contribution in [-0.2, 0) is 4.79 Å². The Morgan fingerprint density at radius 3 is 2.24 bits per heavy atom. The molecule has 0 saturated heterocycles. The fourth-order valence-corrected chi connectivity index (χ4v) is 2.03. The van der Waals surface area contributed by atoms with Crippen molar-refractivity contribution in [3.05, 3.63) is 65.7 Å². The van der Waals surface area contributed by atoms with Crippen LogP contribution >= 0.6 is 0 Å². The van der Waals surface area contributed by atoms with Crippen molar-refractivity contribution in [2.24, 2.45) is 0 Å². The zero-order valence-electron chi connectivity index (χ0n) is 12.7. The number of carbonyl (C=O) groups excluding carboxylic acids is 1. The first-order valence-electron chi connectivity index (χ1n) is 7.15. The number of benzene rings is 2. The number of hydrogen-bond donors (Lipinski definition) is 1. The normalized spacial score (nSPS) is 13.3. The third-order valence-corrected chi connectivity index (χ3v) is 3.36. The molecule has 0 aliphatic heterocycles. The summed E-state index contributed by atoms with van der Waals surface area (Å²) in [7, 11) is 0. The second kappa shape index (κ2) is 6.93. The van der Waals surface area contributed by atoms with Gasteiger partial charge in [-0.2, -0.15) is 0 Å². The molecule has 1 N–H and O–H groups in total. The topological polar surface area (TPSA) is 38.3 Å². The van der Waals surface area contributed by atoms with Crippen LogP contribution in [0.3, 0.4) is 0 Å². The number of carbonyl (C=O) groups is 1. The van der Waals surface area contributed by atoms with Crippen molar-refractivity contribution in [2.45, 2.75) is 32.9 Å². The zero-order valence-corrected chi connectivity index (χ0v) is 12.7. The molecule has 0 radical (unpaired) electrons. The van der Waals surface area contributed by atoms with Gasteiger partial charge in [-0.1, -0.05) is 48.0 Å². The Morgan fingerprint density at radius 2 is 1.62 bits per heavy atom. The molecule has 2 atom stereocenters. The lowest BCUT2D eigenvalue weighted by Gasteiger charge is -2.19. The van der Waals surface area contributed by atoms with Gasteiger partial charge in [0.1, 0.15) is 5.75 Å². The monoisotopic (exact) mass is 283 g/mol. The minimum absolute atomic E-state index is 0.0391. The van der Waals surface area contributed by atoms with Gasteiger partial charge in [0.2, 0.25) is 0 Å². The quantitative estimate of drug-likeness (QED) is 0.909. The third-order valence-electron chi connectivity index (χ3n) is 3.36. The number of hydrogen-bond acceptors (Lipinski definition) is 2. The van der Waals surface area contributed by atoms with Crippen molar-refractivity contribution in [1.29, 1.82) is 0 Å². The lowest BCUT2D eigenvalue weighted by Crippen LogP contribution is -2.37. The van der Waals surface area contributed by atoms with Gasteiger partial charge in [-0.15, -0.1) is 0 Å². The number of amides is 1. The van der Waals surface area contributed by atoms with Crippen LogP contribution in [0.5, 0.6) is 5.75 Å². The van der Waals surface area contributed by atoms with E-state index < -0.39 is 6.10 Å². The van der Waals surface area contributed by atoms with Crippen molar-refractivity contribution in [1.82, 2.24) is 5.32 Å². The van der Waals surface area contributed by atoms with E-state index in [0.717, 1.165) is 11.1 Å². The molecule has 0 aromatic heterocycles. The number of rotatable bonds is 5. The fraction of sp³-hybridized carbons (Fsp3) is 0.278. The lowest BCUT2D eigenvalue weighted by molar-refractivity contribution is -0.127. The largest absolute Gasteiger partial charge is 0.481 e. The van der Waals surface area contributed by atoms with Gasteiger partial charge in [-0.25, -0.2) is 0 Å². The van der Waals surface area contributed by atoms with Crippen LogP contribution in [0.25, 0.3) is 0 Å². The van der Waals surface area contributed by atoms with E-state index in [4.69, 9.17) is 4.74 Å². The van der Waals surface area contributed by atoms with E-state index in [0.29, 0.717) is 5.75 Å². The number of nitrogens with one attached hydrogen (secondary N) is 1. The van der Waals surface area contributed by atoms with Crippen LogP contribution < -0.4 is 10.1 Å². The molecule has 2 rings (SSSR count). The second-order valence-corrected chi connectivity index (χ2v) is 5.21. The van der Waals surface area contributed by atoms with Gasteiger partial charge in [-0.05, 0) is 38.5 Å². The van der Waals surface area contributed by atoms with E-state index in [-0.39, 0.29) is 11.9 Å². The average Bonchev–Trinajstić information content (AvgIpc) is 2.50. The Kier molecular flexibility index (Phi) is 4.99. The summed E-state index contributed by atoms with van der Waals surface area (Å²) in [6, 6.07) is 17.5. The molecule has 0 bridgehead atoms. The van der Waals surface area contributed by atoms with Crippen molar-refractivity contribution in [3.8, 4) is 5.75 Å². The van der Waals surface area contributed by atoms with E-state index in [2.05, 4.69) is 5.32 Å². The van der Waals surface area contributed by atoms with Crippen molar-refractivity contribution < 1.29 is 9.53 Å². The molecule has 1 amide bonds. The van der Waals surface area contributed by atoms with Crippen LogP contribution in [-0.4, -0.2) is 12.0 Å². The van der Waals surface area contributed by atoms with Gasteiger partial charge in [0.05, 0.1) is 6.04 Å². The van der Waals surface area contributed by atoms with E-state index in [1.807, 2.05) is 68.4 Å². The summed E-state index contributed by atoms with van der Waals surface area (Å²) in [5.74, 6) is 0.586. The SMILES string of the molecule is Cc1ccc(OC(C)C(=O)N[C@@H](C)c2ccccc2)cc1. The molecule has 3 nitrogen and oxygen atoms in total. The van der Waals surface area contributed by atoms with Crippen LogP contribution in [0.1, 0.15) is 31.0 Å². The molecular formula is C18H21NO2. The number of aryl methyl sites for hydroxylation is 1. The molecule has 0 saturated carbocycles. The van der Waals surface area contributed by atoms with Crippen LogP contribution in [0.4, 0.5) is 0 Å². The highest BCUT2D eigenvalue weighted by atomic mass is 16.5. The zero-order chi connectivity index (χ0) is 15.2. The first-order valence-corrected chi connectivity index (χ1v) is 7.15. The molecule has 0 spiro atoms. The van der Waals surface area contributed by atoms with E-state index in [1.54, 1.807) is 6.92 Å². The van der Waals surface area contributed by atoms with Crippen LogP contribution in [0.2, 0.25) is 0 Å². The van der Waals surface area contributed by atoms with Crippen molar-refractivity contribution >= 4 is 5.91 Å². The summed E-state index contributed by atoms with van der Waals surface area (Å²) < 4.78 is 5.66. The van der Waals surface area contributed by atoms with Gasteiger partial charge in [0.25, 0.3) is 5.91 Å². The first kappa shape index (κ1) is 15.1. The minimum Gasteiger partial charge on any atom is -0.481 e. The summed E-state index contributed by atoms with van der Waals surface area (Å²) in [6.07, 6.45) is -0.529. The Hall–Kier alpha value is -2.29. The van der Waals surface area contributed by atoms with Gasteiger partial charge < -0.3 is 10.1 Å². The minimum atomic E-state index is -0.529. The molecule has 0 fully saturated rings. The summed E-state index contributed by atoms with van der Waals surface area (Å²) in [4.78, 5) is 12.2. The Morgan fingerprint density at radius 1 is 1.00 bits per heavy atom. The standard InChI is InChI=1S/C18H21NO2/c1-13-9-11-17(12-10-13)21-15(3)18(20)19-14(2)16-7-5-4-6-8-16/h4-12,14-15H,1-3H3,(H,19,20)/t14-,15?/m0/s1. The van der Waals surface area contributed by atoms with Crippen molar-refractivity contribution in [3.63, 3.8) is 0 Å². The molecular weight excluding hydrogens is 262 g/mol. The van der Waals surface area contributed by atoms with E-state index in [1.165, 1.54) is 0 Å². The highest BCUT2D eigenvalue weighted by molar-refractivity contribution is 5.81. The van der Waals surface area contributed by atoms with Gasteiger partial charge in [-0.3, -0.25) is 4.79 Å². The Labute approximate surface area is 126 Å². The first-order chi connectivity index (χ1) is 10.1. The summed E-state index contributed by atoms with van der Waals surface area (Å²) in [5, 5.41) is 2.96. The molecule has 1 unspecified atom stereocenters. The molecule has 2 aromatic rings. The van der Waals surface area contributed by atoms with Gasteiger partial charge in [0.15, 0.2) is 6.10 Å². The molecule has 110 valence electrons. The molecule has 3 heteroatoms. The Balaban J connectivity index is 1.92. The van der Waals surface area contributed by atoms with Crippen LogP contribution in [0, 0.1) is 6.92 Å². The summed E-state index contributed by atoms with van der Waals surface area (Å²) >= 11 is 0. The lowest BCUT2D eigenvalue weighted by atomic mass is 10.1. The Bertz CT molecular complexity index is 578. The highest BCUT2D eigenvalue weighted by Gasteiger charge is 2.17. The highest BCUT2D eigenvalue weighted by Crippen LogP contribution is 2.15. The van der Waals surface area contributed by atoms with E-state index in [9.17, 15) is 4.79 Å². The predicted octanol–water partition coefficient (Wildman–Crippen LogP) is 3.64. The summed E-state index contributed by atoms with van der Waals surface area (Å²) in [5.41, 5.74) is 2.24. The molecule has 0 aliphatic carbocycles. The maximum absolute atomic E-state index is 12.2. The third kappa shape index (κ3) is 4.35. The average molecular weight is 283 g/mol. The van der Waals surface area contributed by atoms with Gasteiger partial charge in [0, 0.05) is 0 Å². The maximum atomic E-state index is 12.2. The van der Waals surface area contributed by atoms with Crippen LogP contribution in [0.15, 0.2) is 54.6 Å². The number of ether oxygens (including phenoxy) is 1. The molecule has 0 aliphatic rings. The van der Waals surface area contributed by atoms with Gasteiger partial charge >= 0.3 is 0 Å². The maximum Gasteiger partial charge on any atom is 0.261 e. The molecule has 2 aromatic carbocycles.